The van der Waals surface area contributed by atoms with Crippen molar-refractivity contribution in [2.24, 2.45) is 5.92 Å². The van der Waals surface area contributed by atoms with Crippen LogP contribution in [0.2, 0.25) is 0 Å². The summed E-state index contributed by atoms with van der Waals surface area (Å²) in [6.45, 7) is 3.25. The highest BCUT2D eigenvalue weighted by Gasteiger charge is 2.24. The molecule has 3 rings (SSSR count). The topological polar surface area (TPSA) is 58.6 Å². The predicted molar refractivity (Wildman–Crippen MR) is 115 cm³/mol. The van der Waals surface area contributed by atoms with Crippen LogP contribution in [-0.4, -0.2) is 36.9 Å². The van der Waals surface area contributed by atoms with Crippen LogP contribution in [0.5, 0.6) is 5.75 Å². The molecule has 1 saturated heterocycles. The molecule has 0 bridgehead atoms. The van der Waals surface area contributed by atoms with Crippen LogP contribution in [0.1, 0.15) is 36.8 Å². The average molecular weight is 413 g/mol. The fourth-order valence-corrected chi connectivity index (χ4v) is 3.90. The predicted octanol–water partition coefficient (Wildman–Crippen LogP) is 4.34. The van der Waals surface area contributed by atoms with E-state index < -0.39 is 0 Å². The third kappa shape index (κ3) is 5.81. The zero-order chi connectivity index (χ0) is 21.5. The van der Waals surface area contributed by atoms with Crippen LogP contribution in [0.4, 0.5) is 10.1 Å². The van der Waals surface area contributed by atoms with Crippen molar-refractivity contribution in [1.82, 2.24) is 4.90 Å². The summed E-state index contributed by atoms with van der Waals surface area (Å²) in [5.41, 5.74) is 2.16. The zero-order valence-electron chi connectivity index (χ0n) is 17.6. The number of methoxy groups -OCH3 is 1. The van der Waals surface area contributed by atoms with Crippen LogP contribution in [-0.2, 0) is 16.0 Å². The van der Waals surface area contributed by atoms with Crippen molar-refractivity contribution >= 4 is 17.5 Å². The molecule has 2 aromatic carbocycles. The van der Waals surface area contributed by atoms with Gasteiger partial charge in [-0.1, -0.05) is 18.2 Å². The van der Waals surface area contributed by atoms with Gasteiger partial charge < -0.3 is 15.0 Å². The summed E-state index contributed by atoms with van der Waals surface area (Å²) in [4.78, 5) is 26.8. The second-order valence-electron chi connectivity index (χ2n) is 7.88. The smallest absolute Gasteiger partial charge is 0.227 e. The molecule has 0 unspecified atom stereocenters. The van der Waals surface area contributed by atoms with E-state index in [0.29, 0.717) is 25.1 Å². The molecule has 1 atom stereocenters. The third-order valence-corrected chi connectivity index (χ3v) is 5.66. The van der Waals surface area contributed by atoms with Crippen molar-refractivity contribution < 1.29 is 18.7 Å². The van der Waals surface area contributed by atoms with E-state index >= 15 is 0 Å². The number of benzene rings is 2. The van der Waals surface area contributed by atoms with Crippen LogP contribution < -0.4 is 10.1 Å². The summed E-state index contributed by atoms with van der Waals surface area (Å²) < 4.78 is 19.0. The molecule has 1 fully saturated rings. The van der Waals surface area contributed by atoms with Crippen molar-refractivity contribution in [2.45, 2.75) is 39.0 Å². The monoisotopic (exact) mass is 412 g/mol. The van der Waals surface area contributed by atoms with Crippen molar-refractivity contribution in [3.8, 4) is 5.75 Å². The molecule has 5 nitrogen and oxygen atoms in total. The van der Waals surface area contributed by atoms with Gasteiger partial charge in [0.2, 0.25) is 11.8 Å². The molecular formula is C24H29FN2O3. The van der Waals surface area contributed by atoms with Crippen LogP contribution in [0.3, 0.4) is 0 Å². The van der Waals surface area contributed by atoms with Gasteiger partial charge in [0.05, 0.1) is 13.5 Å². The standard InChI is InChI=1S/C24H29FN2O3/c1-17-14-20(30-2)10-11-22(17)26-23(28)12-9-18-6-5-13-27(16-18)24(29)15-19-7-3-4-8-21(19)25/h3-4,7-8,10-11,14,18H,5-6,9,12-13,15-16H2,1-2H3,(H,26,28)/t18-/m0/s1. The van der Waals surface area contributed by atoms with Crippen molar-refractivity contribution in [1.29, 1.82) is 0 Å². The average Bonchev–Trinajstić information content (AvgIpc) is 2.75. The number of hydrogen-bond donors (Lipinski definition) is 1. The van der Waals surface area contributed by atoms with Gasteiger partial charge in [0.1, 0.15) is 11.6 Å². The molecule has 0 spiro atoms. The number of likely N-dealkylation sites (tertiary alicyclic amines) is 1. The summed E-state index contributed by atoms with van der Waals surface area (Å²) in [6, 6.07) is 12.0. The number of carbonyl (C=O) groups is 2. The van der Waals surface area contributed by atoms with Gasteiger partial charge in [-0.3, -0.25) is 9.59 Å². The maximum Gasteiger partial charge on any atom is 0.227 e. The first-order chi connectivity index (χ1) is 14.5. The molecule has 2 amide bonds. The summed E-state index contributed by atoms with van der Waals surface area (Å²) in [7, 11) is 1.61. The Balaban J connectivity index is 1.48. The van der Waals surface area contributed by atoms with Crippen LogP contribution in [0.25, 0.3) is 0 Å². The van der Waals surface area contributed by atoms with Gasteiger partial charge in [0.15, 0.2) is 0 Å². The number of amides is 2. The fraction of sp³-hybridized carbons (Fsp3) is 0.417. The molecule has 1 heterocycles. The lowest BCUT2D eigenvalue weighted by atomic mass is 9.92. The molecule has 0 aliphatic carbocycles. The van der Waals surface area contributed by atoms with Gasteiger partial charge in [-0.25, -0.2) is 4.39 Å². The summed E-state index contributed by atoms with van der Waals surface area (Å²) >= 11 is 0. The molecule has 0 saturated carbocycles. The number of halogens is 1. The van der Waals surface area contributed by atoms with E-state index in [0.717, 1.165) is 36.3 Å². The molecule has 6 heteroatoms. The highest BCUT2D eigenvalue weighted by molar-refractivity contribution is 5.91. The molecular weight excluding hydrogens is 383 g/mol. The van der Waals surface area contributed by atoms with Gasteiger partial charge in [-0.2, -0.15) is 0 Å². The van der Waals surface area contributed by atoms with E-state index in [-0.39, 0.29) is 30.0 Å². The summed E-state index contributed by atoms with van der Waals surface area (Å²) in [5.74, 6) is 0.616. The minimum absolute atomic E-state index is 0.0296. The molecule has 160 valence electrons. The normalized spacial score (nSPS) is 16.2. The molecule has 2 aromatic rings. The molecule has 30 heavy (non-hydrogen) atoms. The van der Waals surface area contributed by atoms with Crippen molar-refractivity contribution in [2.75, 3.05) is 25.5 Å². The van der Waals surface area contributed by atoms with Crippen LogP contribution in [0, 0.1) is 18.7 Å². The fourth-order valence-electron chi connectivity index (χ4n) is 3.90. The second-order valence-corrected chi connectivity index (χ2v) is 7.88. The van der Waals surface area contributed by atoms with E-state index in [9.17, 15) is 14.0 Å². The van der Waals surface area contributed by atoms with Gasteiger partial charge in [-0.15, -0.1) is 0 Å². The van der Waals surface area contributed by atoms with E-state index in [2.05, 4.69) is 5.32 Å². The highest BCUT2D eigenvalue weighted by atomic mass is 19.1. The maximum atomic E-state index is 13.8. The van der Waals surface area contributed by atoms with Crippen molar-refractivity contribution in [3.63, 3.8) is 0 Å². The number of carbonyl (C=O) groups excluding carboxylic acids is 2. The number of piperidine rings is 1. The van der Waals surface area contributed by atoms with Crippen molar-refractivity contribution in [3.05, 3.63) is 59.4 Å². The summed E-state index contributed by atoms with van der Waals surface area (Å²) in [6.07, 6.45) is 3.12. The zero-order valence-corrected chi connectivity index (χ0v) is 17.6. The van der Waals surface area contributed by atoms with Gasteiger partial charge in [0, 0.05) is 25.2 Å². The second kappa shape index (κ2) is 10.2. The quantitative estimate of drug-likeness (QED) is 0.736. The van der Waals surface area contributed by atoms with E-state index in [1.165, 1.54) is 6.07 Å². The van der Waals surface area contributed by atoms with Gasteiger partial charge in [-0.05, 0) is 67.5 Å². The van der Waals surface area contributed by atoms with Crippen LogP contribution >= 0.6 is 0 Å². The Morgan fingerprint density at radius 1 is 1.23 bits per heavy atom. The highest BCUT2D eigenvalue weighted by Crippen LogP contribution is 2.24. The Morgan fingerprint density at radius 2 is 2.03 bits per heavy atom. The molecule has 0 aromatic heterocycles. The lowest BCUT2D eigenvalue weighted by molar-refractivity contribution is -0.132. The minimum Gasteiger partial charge on any atom is -0.497 e. The Labute approximate surface area is 177 Å². The lowest BCUT2D eigenvalue weighted by Gasteiger charge is -2.33. The number of aryl methyl sites for hydroxylation is 1. The molecule has 0 radical (unpaired) electrons. The Hall–Kier alpha value is -2.89. The van der Waals surface area contributed by atoms with Gasteiger partial charge >= 0.3 is 0 Å². The van der Waals surface area contributed by atoms with E-state index in [1.807, 2.05) is 30.0 Å². The maximum absolute atomic E-state index is 13.8. The third-order valence-electron chi connectivity index (χ3n) is 5.66. The minimum atomic E-state index is -0.343. The summed E-state index contributed by atoms with van der Waals surface area (Å²) in [5, 5.41) is 2.96. The number of ether oxygens (including phenoxy) is 1. The number of rotatable bonds is 7. The SMILES string of the molecule is COc1ccc(NC(=O)CC[C@@H]2CCCN(C(=O)Cc3ccccc3F)C2)c(C)c1. The Bertz CT molecular complexity index is 900. The largest absolute Gasteiger partial charge is 0.497 e. The number of nitrogens with zero attached hydrogens (tertiary/aromatic N) is 1. The number of nitrogens with one attached hydrogen (secondary N) is 1. The Kier molecular flexibility index (Phi) is 7.44. The van der Waals surface area contributed by atoms with Crippen LogP contribution in [0.15, 0.2) is 42.5 Å². The Morgan fingerprint density at radius 3 is 2.77 bits per heavy atom. The molecule has 1 aliphatic rings. The lowest BCUT2D eigenvalue weighted by Crippen LogP contribution is -2.41. The van der Waals surface area contributed by atoms with E-state index in [4.69, 9.17) is 4.74 Å². The first-order valence-corrected chi connectivity index (χ1v) is 10.4. The molecule has 1 N–H and O–H groups in total. The van der Waals surface area contributed by atoms with E-state index in [1.54, 1.807) is 25.3 Å². The first kappa shape index (κ1) is 21.8. The number of anilines is 1. The number of hydrogen-bond acceptors (Lipinski definition) is 3. The first-order valence-electron chi connectivity index (χ1n) is 10.4. The van der Waals surface area contributed by atoms with Gasteiger partial charge in [0.25, 0.3) is 0 Å². The molecule has 1 aliphatic heterocycles.